The molecule has 0 radical (unpaired) electrons. The molecule has 2 amide bonds. The lowest BCUT2D eigenvalue weighted by molar-refractivity contribution is 0.0873. The summed E-state index contributed by atoms with van der Waals surface area (Å²) in [5.41, 5.74) is 8.34. The van der Waals surface area contributed by atoms with Crippen molar-refractivity contribution in [3.05, 3.63) is 29.8 Å². The number of rotatable bonds is 11. The van der Waals surface area contributed by atoms with Crippen LogP contribution >= 0.6 is 0 Å². The SMILES string of the molecule is CCCCCCCCCN(C(N)=O)C1(C)CCCC(c2ccc(N(C)C)cc2)C1. The highest BCUT2D eigenvalue weighted by Crippen LogP contribution is 2.42. The Morgan fingerprint density at radius 3 is 2.28 bits per heavy atom. The Morgan fingerprint density at radius 2 is 1.69 bits per heavy atom. The van der Waals surface area contributed by atoms with E-state index in [9.17, 15) is 4.79 Å². The number of nitrogens with zero attached hydrogens (tertiary/aromatic N) is 2. The number of amides is 2. The molecule has 1 saturated carbocycles. The molecule has 1 aliphatic rings. The summed E-state index contributed by atoms with van der Waals surface area (Å²) in [5, 5.41) is 0. The van der Waals surface area contributed by atoms with E-state index in [0.29, 0.717) is 5.92 Å². The van der Waals surface area contributed by atoms with Gasteiger partial charge in [0.2, 0.25) is 0 Å². The summed E-state index contributed by atoms with van der Waals surface area (Å²) in [6.45, 7) is 5.30. The van der Waals surface area contributed by atoms with Crippen molar-refractivity contribution in [1.29, 1.82) is 0 Å². The number of carbonyl (C=O) groups is 1. The predicted molar refractivity (Wildman–Crippen MR) is 125 cm³/mol. The van der Waals surface area contributed by atoms with Crippen LogP contribution in [0.4, 0.5) is 10.5 Å². The van der Waals surface area contributed by atoms with Crippen molar-refractivity contribution in [3.63, 3.8) is 0 Å². The Balaban J connectivity index is 1.94. The first-order chi connectivity index (χ1) is 13.9. The van der Waals surface area contributed by atoms with Gasteiger partial charge in [0.15, 0.2) is 0 Å². The predicted octanol–water partition coefficient (Wildman–Crippen LogP) is 6.30. The standard InChI is InChI=1S/C25H43N3O/c1-5-6-7-8-9-10-11-19-28(24(26)29)25(2)18-12-13-22(20-25)21-14-16-23(17-15-21)27(3)4/h14-17,22H,5-13,18-20H2,1-4H3,(H2,26,29). The van der Waals surface area contributed by atoms with Gasteiger partial charge in [-0.25, -0.2) is 4.79 Å². The van der Waals surface area contributed by atoms with Gasteiger partial charge in [-0.05, 0) is 56.2 Å². The summed E-state index contributed by atoms with van der Waals surface area (Å²) in [6.07, 6.45) is 13.2. The van der Waals surface area contributed by atoms with Crippen LogP contribution in [0.1, 0.15) is 96.0 Å². The summed E-state index contributed by atoms with van der Waals surface area (Å²) in [4.78, 5) is 16.4. The fourth-order valence-corrected chi connectivity index (χ4v) is 4.91. The Morgan fingerprint density at radius 1 is 1.07 bits per heavy atom. The molecule has 2 unspecified atom stereocenters. The van der Waals surface area contributed by atoms with Crippen molar-refractivity contribution in [3.8, 4) is 0 Å². The zero-order chi connectivity index (χ0) is 21.3. The average Bonchev–Trinajstić information content (AvgIpc) is 2.69. The molecule has 1 aromatic rings. The van der Waals surface area contributed by atoms with E-state index >= 15 is 0 Å². The maximum absolute atomic E-state index is 12.3. The molecule has 2 atom stereocenters. The third-order valence-electron chi connectivity index (χ3n) is 6.74. The van der Waals surface area contributed by atoms with Gasteiger partial charge in [-0.1, -0.05) is 64.0 Å². The van der Waals surface area contributed by atoms with Crippen LogP contribution in [0.2, 0.25) is 0 Å². The number of carbonyl (C=O) groups excluding carboxylic acids is 1. The Labute approximate surface area is 178 Å². The molecule has 4 nitrogen and oxygen atoms in total. The smallest absolute Gasteiger partial charge is 0.315 e. The molecule has 1 fully saturated rings. The van der Waals surface area contributed by atoms with Gasteiger partial charge in [0.05, 0.1) is 0 Å². The highest BCUT2D eigenvalue weighted by molar-refractivity contribution is 5.73. The molecule has 1 aromatic carbocycles. The number of benzene rings is 1. The number of unbranched alkanes of at least 4 members (excludes halogenated alkanes) is 6. The topological polar surface area (TPSA) is 49.6 Å². The molecule has 0 bridgehead atoms. The Bertz CT molecular complexity index is 613. The van der Waals surface area contributed by atoms with E-state index in [1.165, 1.54) is 56.2 Å². The van der Waals surface area contributed by atoms with Gasteiger partial charge in [-0.15, -0.1) is 0 Å². The van der Waals surface area contributed by atoms with Gasteiger partial charge >= 0.3 is 6.03 Å². The van der Waals surface area contributed by atoms with E-state index in [1.54, 1.807) is 0 Å². The van der Waals surface area contributed by atoms with Gasteiger partial charge in [0, 0.05) is 31.9 Å². The molecule has 0 aliphatic heterocycles. The lowest BCUT2D eigenvalue weighted by Gasteiger charge is -2.46. The molecule has 0 saturated heterocycles. The van der Waals surface area contributed by atoms with Crippen LogP contribution in [0.15, 0.2) is 24.3 Å². The number of urea groups is 1. The molecule has 0 spiro atoms. The third kappa shape index (κ3) is 6.94. The van der Waals surface area contributed by atoms with E-state index in [4.69, 9.17) is 5.73 Å². The highest BCUT2D eigenvalue weighted by Gasteiger charge is 2.39. The van der Waals surface area contributed by atoms with Crippen LogP contribution in [-0.4, -0.2) is 37.1 Å². The highest BCUT2D eigenvalue weighted by atomic mass is 16.2. The third-order valence-corrected chi connectivity index (χ3v) is 6.74. The minimum Gasteiger partial charge on any atom is -0.378 e. The number of primary amides is 1. The summed E-state index contributed by atoms with van der Waals surface area (Å²) in [5.74, 6) is 0.501. The summed E-state index contributed by atoms with van der Waals surface area (Å²) >= 11 is 0. The van der Waals surface area contributed by atoms with Crippen LogP contribution < -0.4 is 10.6 Å². The molecule has 0 heterocycles. The van der Waals surface area contributed by atoms with E-state index in [-0.39, 0.29) is 11.6 Å². The molecule has 0 aromatic heterocycles. The molecule has 29 heavy (non-hydrogen) atoms. The first-order valence-corrected chi connectivity index (χ1v) is 11.7. The van der Waals surface area contributed by atoms with Gasteiger partial charge < -0.3 is 15.5 Å². The van der Waals surface area contributed by atoms with Crippen LogP contribution in [-0.2, 0) is 0 Å². The minimum absolute atomic E-state index is 0.128. The zero-order valence-electron chi connectivity index (χ0n) is 19.3. The quantitative estimate of drug-likeness (QED) is 0.442. The zero-order valence-corrected chi connectivity index (χ0v) is 19.3. The van der Waals surface area contributed by atoms with E-state index < -0.39 is 0 Å². The van der Waals surface area contributed by atoms with Crippen LogP contribution in [0.25, 0.3) is 0 Å². The van der Waals surface area contributed by atoms with E-state index in [2.05, 4.69) is 57.1 Å². The normalized spacial score (nSPS) is 21.7. The Kier molecular flexibility index (Phi) is 9.32. The van der Waals surface area contributed by atoms with Crippen molar-refractivity contribution in [1.82, 2.24) is 4.90 Å². The Hall–Kier alpha value is -1.71. The average molecular weight is 402 g/mol. The summed E-state index contributed by atoms with van der Waals surface area (Å²) < 4.78 is 0. The second kappa shape index (κ2) is 11.5. The first kappa shape index (κ1) is 23.6. The van der Waals surface area contributed by atoms with E-state index in [0.717, 1.165) is 32.2 Å². The lowest BCUT2D eigenvalue weighted by Crippen LogP contribution is -2.54. The maximum atomic E-state index is 12.3. The van der Waals surface area contributed by atoms with Gasteiger partial charge in [0.1, 0.15) is 0 Å². The van der Waals surface area contributed by atoms with Crippen molar-refractivity contribution in [2.24, 2.45) is 5.73 Å². The van der Waals surface area contributed by atoms with Gasteiger partial charge in [-0.2, -0.15) is 0 Å². The van der Waals surface area contributed by atoms with E-state index in [1.807, 2.05) is 4.90 Å². The van der Waals surface area contributed by atoms with Crippen molar-refractivity contribution >= 4 is 11.7 Å². The number of hydrogen-bond donors (Lipinski definition) is 1. The fraction of sp³-hybridized carbons (Fsp3) is 0.720. The number of anilines is 1. The molecular formula is C25H43N3O. The second-order valence-corrected chi connectivity index (χ2v) is 9.39. The number of nitrogens with two attached hydrogens (primary N) is 1. The fourth-order valence-electron chi connectivity index (χ4n) is 4.91. The molecule has 2 rings (SSSR count). The van der Waals surface area contributed by atoms with Crippen LogP contribution in [0, 0.1) is 0 Å². The lowest BCUT2D eigenvalue weighted by atomic mass is 9.73. The second-order valence-electron chi connectivity index (χ2n) is 9.39. The van der Waals surface area contributed by atoms with Gasteiger partial charge in [0.25, 0.3) is 0 Å². The van der Waals surface area contributed by atoms with Crippen molar-refractivity contribution < 1.29 is 4.79 Å². The largest absolute Gasteiger partial charge is 0.378 e. The van der Waals surface area contributed by atoms with Crippen LogP contribution in [0.5, 0.6) is 0 Å². The minimum atomic E-state index is -0.248. The molecule has 2 N–H and O–H groups in total. The monoisotopic (exact) mass is 401 g/mol. The van der Waals surface area contributed by atoms with Crippen molar-refractivity contribution in [2.75, 3.05) is 25.5 Å². The van der Waals surface area contributed by atoms with Crippen molar-refractivity contribution in [2.45, 2.75) is 95.9 Å². The molecule has 4 heteroatoms. The summed E-state index contributed by atoms with van der Waals surface area (Å²) in [7, 11) is 4.14. The first-order valence-electron chi connectivity index (χ1n) is 11.7. The molecular weight excluding hydrogens is 358 g/mol. The number of hydrogen-bond acceptors (Lipinski definition) is 2. The van der Waals surface area contributed by atoms with Gasteiger partial charge in [-0.3, -0.25) is 0 Å². The maximum Gasteiger partial charge on any atom is 0.315 e. The van der Waals surface area contributed by atoms with Crippen LogP contribution in [0.3, 0.4) is 0 Å². The molecule has 1 aliphatic carbocycles. The molecule has 164 valence electrons. The summed E-state index contributed by atoms with van der Waals surface area (Å²) in [6, 6.07) is 8.67.